The van der Waals surface area contributed by atoms with Gasteiger partial charge in [0, 0.05) is 0 Å². The second-order valence-electron chi connectivity index (χ2n) is 4.51. The Kier molecular flexibility index (Phi) is 4.61. The van der Waals surface area contributed by atoms with Crippen molar-refractivity contribution in [2.45, 2.75) is 26.3 Å². The van der Waals surface area contributed by atoms with Crippen LogP contribution < -0.4 is 5.32 Å². The van der Waals surface area contributed by atoms with Crippen LogP contribution in [0, 0.1) is 12.7 Å². The van der Waals surface area contributed by atoms with Gasteiger partial charge in [-0.2, -0.15) is 0 Å². The lowest BCUT2D eigenvalue weighted by Gasteiger charge is -2.17. The highest BCUT2D eigenvalue weighted by Crippen LogP contribution is 2.26. The quantitative estimate of drug-likeness (QED) is 0.875. The molecule has 1 heterocycles. The van der Waals surface area contributed by atoms with E-state index in [1.165, 1.54) is 6.07 Å². The summed E-state index contributed by atoms with van der Waals surface area (Å²) in [6, 6.07) is 8.50. The average Bonchev–Trinajstić information content (AvgIpc) is 2.80. The summed E-state index contributed by atoms with van der Waals surface area (Å²) in [5, 5.41) is 3.49. The van der Waals surface area contributed by atoms with E-state index in [0.29, 0.717) is 0 Å². The molecule has 0 bridgehead atoms. The van der Waals surface area contributed by atoms with Crippen LogP contribution in [-0.4, -0.2) is 6.54 Å². The first-order valence-corrected chi connectivity index (χ1v) is 6.74. The third-order valence-electron chi connectivity index (χ3n) is 2.92. The number of hydrogen-bond donors (Lipinski definition) is 1. The summed E-state index contributed by atoms with van der Waals surface area (Å²) in [4.78, 5) is 0. The third-order valence-corrected chi connectivity index (χ3v) is 3.23. The highest BCUT2D eigenvalue weighted by atomic mass is 35.5. The topological polar surface area (TPSA) is 25.2 Å². The smallest absolute Gasteiger partial charge is 0.142 e. The summed E-state index contributed by atoms with van der Waals surface area (Å²) in [6.45, 7) is 4.80. The number of furan rings is 1. The zero-order valence-electron chi connectivity index (χ0n) is 11.0. The van der Waals surface area contributed by atoms with Gasteiger partial charge in [-0.25, -0.2) is 4.39 Å². The summed E-state index contributed by atoms with van der Waals surface area (Å²) in [5.41, 5.74) is 0.810. The minimum atomic E-state index is -0.411. The molecule has 2 aromatic rings. The highest BCUT2D eigenvalue weighted by molar-refractivity contribution is 6.30. The van der Waals surface area contributed by atoms with Crippen molar-refractivity contribution in [1.29, 1.82) is 0 Å². The third kappa shape index (κ3) is 3.37. The molecule has 0 radical (unpaired) electrons. The Hall–Kier alpha value is -1.32. The van der Waals surface area contributed by atoms with Gasteiger partial charge in [-0.05, 0) is 49.7 Å². The maximum atomic E-state index is 13.6. The molecule has 0 saturated carbocycles. The summed E-state index contributed by atoms with van der Waals surface area (Å²) in [7, 11) is 0. The van der Waals surface area contributed by atoms with Crippen molar-refractivity contribution < 1.29 is 8.81 Å². The van der Waals surface area contributed by atoms with Crippen molar-refractivity contribution in [3.05, 3.63) is 58.3 Å². The van der Waals surface area contributed by atoms with E-state index < -0.39 is 5.82 Å². The highest BCUT2D eigenvalue weighted by Gasteiger charge is 2.18. The van der Waals surface area contributed by atoms with Crippen molar-refractivity contribution in [3.8, 4) is 0 Å². The lowest BCUT2D eigenvalue weighted by Crippen LogP contribution is -2.22. The van der Waals surface area contributed by atoms with Crippen LogP contribution in [0.5, 0.6) is 0 Å². The van der Waals surface area contributed by atoms with Crippen LogP contribution in [0.15, 0.2) is 34.7 Å². The lowest BCUT2D eigenvalue weighted by atomic mass is 10.0. The van der Waals surface area contributed by atoms with Crippen LogP contribution in [0.1, 0.15) is 36.5 Å². The fourth-order valence-electron chi connectivity index (χ4n) is 1.97. The molecule has 0 spiro atoms. The molecule has 1 aromatic carbocycles. The largest absolute Gasteiger partial charge is 0.464 e. The van der Waals surface area contributed by atoms with Gasteiger partial charge in [-0.3, -0.25) is 0 Å². The van der Waals surface area contributed by atoms with Crippen LogP contribution >= 0.6 is 11.6 Å². The standard InChI is InChI=1S/C15H17ClFNO/c1-3-8-18-15(14-7-4-10(2)19-14)11-5-6-12(16)13(17)9-11/h4-7,9,15,18H,3,8H2,1-2H3. The van der Waals surface area contributed by atoms with Gasteiger partial charge in [0.2, 0.25) is 0 Å². The van der Waals surface area contributed by atoms with Crippen LogP contribution in [0.25, 0.3) is 0 Å². The zero-order chi connectivity index (χ0) is 13.8. The van der Waals surface area contributed by atoms with E-state index in [2.05, 4.69) is 12.2 Å². The number of benzene rings is 1. The molecule has 2 rings (SSSR count). The molecular formula is C15H17ClFNO. The number of nitrogens with one attached hydrogen (secondary N) is 1. The maximum Gasteiger partial charge on any atom is 0.142 e. The SMILES string of the molecule is CCCNC(c1ccc(Cl)c(F)c1)c1ccc(C)o1. The van der Waals surface area contributed by atoms with E-state index in [0.717, 1.165) is 30.0 Å². The van der Waals surface area contributed by atoms with Crippen molar-refractivity contribution in [1.82, 2.24) is 5.32 Å². The van der Waals surface area contributed by atoms with Gasteiger partial charge in [0.1, 0.15) is 17.3 Å². The maximum absolute atomic E-state index is 13.6. The minimum Gasteiger partial charge on any atom is -0.464 e. The van der Waals surface area contributed by atoms with Gasteiger partial charge >= 0.3 is 0 Å². The zero-order valence-corrected chi connectivity index (χ0v) is 11.8. The second-order valence-corrected chi connectivity index (χ2v) is 4.92. The Bertz CT molecular complexity index is 553. The Balaban J connectivity index is 2.33. The van der Waals surface area contributed by atoms with Gasteiger partial charge in [0.15, 0.2) is 0 Å². The number of rotatable bonds is 5. The molecule has 102 valence electrons. The number of halogens is 2. The molecule has 1 aromatic heterocycles. The fourth-order valence-corrected chi connectivity index (χ4v) is 2.09. The van der Waals surface area contributed by atoms with E-state index in [9.17, 15) is 4.39 Å². The van der Waals surface area contributed by atoms with Crippen LogP contribution in [0.4, 0.5) is 4.39 Å². The summed E-state index contributed by atoms with van der Waals surface area (Å²) in [5.74, 6) is 1.21. The normalized spacial score (nSPS) is 12.6. The van der Waals surface area contributed by atoms with Gasteiger partial charge in [-0.15, -0.1) is 0 Å². The molecule has 0 aliphatic carbocycles. The first-order chi connectivity index (χ1) is 9.11. The first-order valence-electron chi connectivity index (χ1n) is 6.36. The number of aryl methyl sites for hydroxylation is 1. The molecular weight excluding hydrogens is 265 g/mol. The van der Waals surface area contributed by atoms with E-state index >= 15 is 0 Å². The van der Waals surface area contributed by atoms with E-state index in [-0.39, 0.29) is 11.1 Å². The Labute approximate surface area is 117 Å². The van der Waals surface area contributed by atoms with E-state index in [4.69, 9.17) is 16.0 Å². The Morgan fingerprint density at radius 2 is 2.11 bits per heavy atom. The lowest BCUT2D eigenvalue weighted by molar-refractivity contribution is 0.429. The predicted octanol–water partition coefficient (Wildman–Crippen LogP) is 4.47. The van der Waals surface area contributed by atoms with Gasteiger partial charge in [0.25, 0.3) is 0 Å². The van der Waals surface area contributed by atoms with Crippen LogP contribution in [0.2, 0.25) is 5.02 Å². The van der Waals surface area contributed by atoms with Crippen LogP contribution in [-0.2, 0) is 0 Å². The van der Waals surface area contributed by atoms with Crippen molar-refractivity contribution in [3.63, 3.8) is 0 Å². The van der Waals surface area contributed by atoms with Gasteiger partial charge < -0.3 is 9.73 Å². The fraction of sp³-hybridized carbons (Fsp3) is 0.333. The molecule has 0 saturated heterocycles. The van der Waals surface area contributed by atoms with Crippen molar-refractivity contribution >= 4 is 11.6 Å². The molecule has 4 heteroatoms. The molecule has 1 atom stereocenters. The average molecular weight is 282 g/mol. The van der Waals surface area contributed by atoms with Crippen molar-refractivity contribution in [2.75, 3.05) is 6.54 Å². The second kappa shape index (κ2) is 6.22. The molecule has 1 N–H and O–H groups in total. The molecule has 0 aliphatic heterocycles. The molecule has 0 amide bonds. The molecule has 2 nitrogen and oxygen atoms in total. The Morgan fingerprint density at radius 3 is 2.68 bits per heavy atom. The molecule has 0 fully saturated rings. The number of hydrogen-bond acceptors (Lipinski definition) is 2. The molecule has 0 aliphatic rings. The van der Waals surface area contributed by atoms with Crippen molar-refractivity contribution in [2.24, 2.45) is 0 Å². The molecule has 19 heavy (non-hydrogen) atoms. The first kappa shape index (κ1) is 14.1. The van der Waals surface area contributed by atoms with E-state index in [1.54, 1.807) is 6.07 Å². The summed E-state index contributed by atoms with van der Waals surface area (Å²) in [6.07, 6.45) is 0.992. The van der Waals surface area contributed by atoms with Gasteiger partial charge in [0.05, 0.1) is 11.1 Å². The predicted molar refractivity (Wildman–Crippen MR) is 75.0 cm³/mol. The van der Waals surface area contributed by atoms with Gasteiger partial charge in [-0.1, -0.05) is 24.6 Å². The summed E-state index contributed by atoms with van der Waals surface area (Å²) < 4.78 is 19.2. The minimum absolute atomic E-state index is 0.133. The van der Waals surface area contributed by atoms with E-state index in [1.807, 2.05) is 25.1 Å². The monoisotopic (exact) mass is 281 g/mol. The summed E-state index contributed by atoms with van der Waals surface area (Å²) >= 11 is 5.72. The molecule has 1 unspecified atom stereocenters. The van der Waals surface area contributed by atoms with Crippen LogP contribution in [0.3, 0.4) is 0 Å². The Morgan fingerprint density at radius 1 is 1.32 bits per heavy atom.